The molecule has 11 aromatic rings. The van der Waals surface area contributed by atoms with Crippen LogP contribution in [-0.4, -0.2) is 15.0 Å². The molecule has 0 saturated carbocycles. The third-order valence-corrected chi connectivity index (χ3v) is 10.5. The second-order valence-electron chi connectivity index (χ2n) is 13.6. The Morgan fingerprint density at radius 1 is 0.321 bits per heavy atom. The number of fused-ring (bicyclic) bond motifs is 9. The average molecular weight is 676 g/mol. The fourth-order valence-electron chi connectivity index (χ4n) is 7.93. The Balaban J connectivity index is 1.10. The van der Waals surface area contributed by atoms with Gasteiger partial charge in [0.15, 0.2) is 17.5 Å². The summed E-state index contributed by atoms with van der Waals surface area (Å²) in [6.45, 7) is 0. The summed E-state index contributed by atoms with van der Waals surface area (Å²) in [6.07, 6.45) is 0. The fraction of sp³-hybridized carbons (Fsp3) is 0. The van der Waals surface area contributed by atoms with Crippen molar-refractivity contribution in [1.29, 1.82) is 0 Å². The van der Waals surface area contributed by atoms with Gasteiger partial charge in [0, 0.05) is 33.0 Å². The molecule has 0 atom stereocenters. The van der Waals surface area contributed by atoms with E-state index in [9.17, 15) is 0 Å². The summed E-state index contributed by atoms with van der Waals surface area (Å²) in [5.74, 6) is 1.84. The zero-order valence-corrected chi connectivity index (χ0v) is 28.5. The molecule has 4 nitrogen and oxygen atoms in total. The molecule has 246 valence electrons. The van der Waals surface area contributed by atoms with Gasteiger partial charge in [0.25, 0.3) is 0 Å². The number of hydrogen-bond acceptors (Lipinski definition) is 4. The van der Waals surface area contributed by atoms with Gasteiger partial charge in [-0.1, -0.05) is 158 Å². The third kappa shape index (κ3) is 4.80. The summed E-state index contributed by atoms with van der Waals surface area (Å²) in [7, 11) is 0. The van der Waals surface area contributed by atoms with E-state index in [-0.39, 0.29) is 0 Å². The lowest BCUT2D eigenvalue weighted by Crippen LogP contribution is -2.00. The highest BCUT2D eigenvalue weighted by Crippen LogP contribution is 2.41. The molecule has 11 rings (SSSR count). The molecule has 0 radical (unpaired) electrons. The zero-order valence-electron chi connectivity index (χ0n) is 28.5. The van der Waals surface area contributed by atoms with Crippen LogP contribution in [0.3, 0.4) is 0 Å². The van der Waals surface area contributed by atoms with E-state index in [1.54, 1.807) is 0 Å². The number of aromatic nitrogens is 3. The van der Waals surface area contributed by atoms with Gasteiger partial charge in [0.1, 0.15) is 11.2 Å². The molecule has 0 aliphatic heterocycles. The molecule has 2 aromatic heterocycles. The second kappa shape index (κ2) is 11.7. The van der Waals surface area contributed by atoms with Crippen LogP contribution in [0.4, 0.5) is 0 Å². The van der Waals surface area contributed by atoms with Crippen molar-refractivity contribution < 1.29 is 4.42 Å². The van der Waals surface area contributed by atoms with Crippen molar-refractivity contribution in [2.75, 3.05) is 0 Å². The van der Waals surface area contributed by atoms with Gasteiger partial charge in [0.05, 0.1) is 0 Å². The van der Waals surface area contributed by atoms with E-state index >= 15 is 0 Å². The predicted octanol–water partition coefficient (Wildman–Crippen LogP) is 13.1. The van der Waals surface area contributed by atoms with Crippen molar-refractivity contribution in [2.45, 2.75) is 0 Å². The second-order valence-corrected chi connectivity index (χ2v) is 13.6. The van der Waals surface area contributed by atoms with Crippen LogP contribution in [-0.2, 0) is 0 Å². The Labute approximate surface area is 304 Å². The lowest BCUT2D eigenvalue weighted by atomic mass is 9.96. The van der Waals surface area contributed by atoms with Crippen LogP contribution < -0.4 is 0 Å². The van der Waals surface area contributed by atoms with E-state index in [0.29, 0.717) is 17.5 Å². The quantitative estimate of drug-likeness (QED) is 0.174. The molecule has 4 heteroatoms. The van der Waals surface area contributed by atoms with Crippen LogP contribution in [0, 0.1) is 0 Å². The number of para-hydroxylation sites is 1. The summed E-state index contributed by atoms with van der Waals surface area (Å²) < 4.78 is 6.68. The number of rotatable bonds is 4. The van der Waals surface area contributed by atoms with Crippen molar-refractivity contribution in [3.8, 4) is 45.3 Å². The normalized spacial score (nSPS) is 11.8. The highest BCUT2D eigenvalue weighted by molar-refractivity contribution is 6.18. The van der Waals surface area contributed by atoms with Crippen LogP contribution in [0.15, 0.2) is 180 Å². The van der Waals surface area contributed by atoms with Crippen LogP contribution in [0.2, 0.25) is 0 Å². The Hall–Kier alpha value is -7.17. The largest absolute Gasteiger partial charge is 0.455 e. The van der Waals surface area contributed by atoms with Gasteiger partial charge in [-0.05, 0) is 66.9 Å². The minimum absolute atomic E-state index is 0.600. The number of benzene rings is 9. The molecule has 2 heterocycles. The molecule has 0 bridgehead atoms. The zero-order chi connectivity index (χ0) is 34.9. The summed E-state index contributed by atoms with van der Waals surface area (Å²) in [6, 6.07) is 61.6. The lowest BCUT2D eigenvalue weighted by Gasteiger charge is -2.11. The van der Waals surface area contributed by atoms with Crippen molar-refractivity contribution in [1.82, 2.24) is 15.0 Å². The van der Waals surface area contributed by atoms with E-state index in [2.05, 4.69) is 133 Å². The number of nitrogens with zero attached hydrogens (tertiary/aromatic N) is 3. The van der Waals surface area contributed by atoms with Gasteiger partial charge >= 0.3 is 0 Å². The predicted molar refractivity (Wildman–Crippen MR) is 219 cm³/mol. The maximum atomic E-state index is 6.68. The minimum Gasteiger partial charge on any atom is -0.455 e. The first kappa shape index (κ1) is 29.5. The topological polar surface area (TPSA) is 51.8 Å². The maximum Gasteiger partial charge on any atom is 0.164 e. The molecular formula is C49H29N3O. The van der Waals surface area contributed by atoms with E-state index in [0.717, 1.165) is 55.1 Å². The molecule has 0 amide bonds. The SMILES string of the molecule is c1ccc(-c2nc(-c3ccc4c(ccc5c6ccccc6ccc45)c3)nc(-c3cccc4oc5c(-c6ccc7ccccc7c6)cccc5c34)n2)cc1. The molecular weight excluding hydrogens is 647 g/mol. The molecule has 53 heavy (non-hydrogen) atoms. The summed E-state index contributed by atoms with van der Waals surface area (Å²) in [4.78, 5) is 15.4. The van der Waals surface area contributed by atoms with Crippen molar-refractivity contribution in [3.63, 3.8) is 0 Å². The smallest absolute Gasteiger partial charge is 0.164 e. The standard InChI is InChI=1S/C49H29N3O/c1-2-12-32(13-3-1)47-50-48(36-24-25-38-34(29-36)23-27-40-37-15-7-6-11-31(37)22-26-41(38)40)52-49(51-47)43-18-9-19-44-45(43)42-17-8-16-39(46(42)53-44)35-21-20-30-10-4-5-14-33(30)28-35/h1-29H. The molecule has 0 fully saturated rings. The highest BCUT2D eigenvalue weighted by atomic mass is 16.3. The van der Waals surface area contributed by atoms with Gasteiger partial charge in [-0.3, -0.25) is 0 Å². The molecule has 0 aliphatic rings. The number of hydrogen-bond donors (Lipinski definition) is 0. The van der Waals surface area contributed by atoms with E-state index < -0.39 is 0 Å². The molecule has 0 aliphatic carbocycles. The summed E-state index contributed by atoms with van der Waals surface area (Å²) in [5.41, 5.74) is 6.56. The van der Waals surface area contributed by atoms with Crippen LogP contribution in [0.25, 0.3) is 110 Å². The Kier molecular flexibility index (Phi) is 6.52. The van der Waals surface area contributed by atoms with Gasteiger partial charge < -0.3 is 4.42 Å². The van der Waals surface area contributed by atoms with Gasteiger partial charge in [-0.15, -0.1) is 0 Å². The van der Waals surface area contributed by atoms with E-state index in [4.69, 9.17) is 19.4 Å². The van der Waals surface area contributed by atoms with Crippen molar-refractivity contribution in [2.24, 2.45) is 0 Å². The molecule has 0 N–H and O–H groups in total. The average Bonchev–Trinajstić information content (AvgIpc) is 3.62. The van der Waals surface area contributed by atoms with Gasteiger partial charge in [-0.25, -0.2) is 15.0 Å². The Bertz CT molecular complexity index is 3240. The van der Waals surface area contributed by atoms with Gasteiger partial charge in [0.2, 0.25) is 0 Å². The molecule has 0 saturated heterocycles. The van der Waals surface area contributed by atoms with Crippen LogP contribution in [0.1, 0.15) is 0 Å². The fourth-order valence-corrected chi connectivity index (χ4v) is 7.93. The number of furan rings is 1. The minimum atomic E-state index is 0.600. The summed E-state index contributed by atoms with van der Waals surface area (Å²) in [5, 5.41) is 11.7. The van der Waals surface area contributed by atoms with E-state index in [1.165, 1.54) is 37.7 Å². The first-order valence-corrected chi connectivity index (χ1v) is 17.9. The van der Waals surface area contributed by atoms with Crippen LogP contribution in [0.5, 0.6) is 0 Å². The van der Waals surface area contributed by atoms with Gasteiger partial charge in [-0.2, -0.15) is 0 Å². The summed E-state index contributed by atoms with van der Waals surface area (Å²) >= 11 is 0. The first-order valence-electron chi connectivity index (χ1n) is 17.9. The molecule has 0 spiro atoms. The third-order valence-electron chi connectivity index (χ3n) is 10.5. The highest BCUT2D eigenvalue weighted by Gasteiger charge is 2.20. The van der Waals surface area contributed by atoms with Crippen LogP contribution >= 0.6 is 0 Å². The first-order chi connectivity index (χ1) is 26.2. The van der Waals surface area contributed by atoms with Crippen molar-refractivity contribution in [3.05, 3.63) is 176 Å². The van der Waals surface area contributed by atoms with Crippen molar-refractivity contribution >= 4 is 65.0 Å². The monoisotopic (exact) mass is 675 g/mol. The molecule has 9 aromatic carbocycles. The Morgan fingerprint density at radius 3 is 1.77 bits per heavy atom. The maximum absolute atomic E-state index is 6.68. The molecule has 0 unspecified atom stereocenters. The lowest BCUT2D eigenvalue weighted by molar-refractivity contribution is 0.670. The Morgan fingerprint density at radius 2 is 0.906 bits per heavy atom. The van der Waals surface area contributed by atoms with E-state index in [1.807, 2.05) is 42.5 Å².